The SMILES string of the molecule is C[C@@H](CSS(=O)O)C(=O)N1CCC[C@H]1C(=O)O. The Kier molecular flexibility index (Phi) is 5.41. The fraction of sp³-hybridized carbons (Fsp3) is 0.778. The second-order valence-corrected chi connectivity index (χ2v) is 6.50. The zero-order valence-corrected chi connectivity index (χ0v) is 11.0. The van der Waals surface area contributed by atoms with Crippen molar-refractivity contribution < 1.29 is 23.5 Å². The van der Waals surface area contributed by atoms with Gasteiger partial charge in [0.25, 0.3) is 0 Å². The Morgan fingerprint density at radius 1 is 1.59 bits per heavy atom. The van der Waals surface area contributed by atoms with Gasteiger partial charge in [0.2, 0.25) is 16.0 Å². The molecule has 1 aliphatic heterocycles. The van der Waals surface area contributed by atoms with Gasteiger partial charge in [0.1, 0.15) is 6.04 Å². The van der Waals surface area contributed by atoms with Crippen molar-refractivity contribution in [1.29, 1.82) is 0 Å². The number of amides is 1. The first kappa shape index (κ1) is 14.5. The van der Waals surface area contributed by atoms with Crippen LogP contribution in [0.15, 0.2) is 0 Å². The van der Waals surface area contributed by atoms with E-state index in [-0.39, 0.29) is 11.7 Å². The molecule has 6 nitrogen and oxygen atoms in total. The zero-order valence-electron chi connectivity index (χ0n) is 9.37. The van der Waals surface area contributed by atoms with E-state index >= 15 is 0 Å². The third-order valence-electron chi connectivity index (χ3n) is 2.66. The number of carbonyl (C=O) groups excluding carboxylic acids is 1. The predicted octanol–water partition coefficient (Wildman–Crippen LogP) is 0.568. The van der Waals surface area contributed by atoms with E-state index in [1.807, 2.05) is 0 Å². The van der Waals surface area contributed by atoms with Gasteiger partial charge in [-0.1, -0.05) is 6.92 Å². The van der Waals surface area contributed by atoms with Crippen LogP contribution in [-0.4, -0.2) is 49.0 Å². The summed E-state index contributed by atoms with van der Waals surface area (Å²) >= 11 is 0. The lowest BCUT2D eigenvalue weighted by Crippen LogP contribution is -2.43. The molecule has 17 heavy (non-hydrogen) atoms. The van der Waals surface area contributed by atoms with Gasteiger partial charge in [0, 0.05) is 18.2 Å². The molecule has 1 fully saturated rings. The molecule has 2 N–H and O–H groups in total. The van der Waals surface area contributed by atoms with E-state index in [4.69, 9.17) is 9.66 Å². The molecule has 1 rings (SSSR count). The molecule has 1 unspecified atom stereocenters. The maximum absolute atomic E-state index is 11.9. The highest BCUT2D eigenvalue weighted by molar-refractivity contribution is 8.67. The number of aliphatic carboxylic acids is 1. The molecule has 98 valence electrons. The maximum Gasteiger partial charge on any atom is 0.326 e. The van der Waals surface area contributed by atoms with E-state index < -0.39 is 28.0 Å². The fourth-order valence-corrected chi connectivity index (χ4v) is 3.23. The second-order valence-electron chi connectivity index (χ2n) is 3.93. The summed E-state index contributed by atoms with van der Waals surface area (Å²) in [5.41, 5.74) is 0. The van der Waals surface area contributed by atoms with Crippen LogP contribution in [0.2, 0.25) is 0 Å². The summed E-state index contributed by atoms with van der Waals surface area (Å²) in [6, 6.07) is -0.741. The van der Waals surface area contributed by atoms with Crippen LogP contribution < -0.4 is 0 Å². The molecule has 1 aliphatic rings. The Balaban J connectivity index is 2.56. The van der Waals surface area contributed by atoms with Crippen molar-refractivity contribution in [2.24, 2.45) is 5.92 Å². The lowest BCUT2D eigenvalue weighted by atomic mass is 10.1. The third-order valence-corrected chi connectivity index (χ3v) is 4.51. The van der Waals surface area contributed by atoms with Gasteiger partial charge in [0.15, 0.2) is 0 Å². The van der Waals surface area contributed by atoms with E-state index in [1.54, 1.807) is 6.92 Å². The minimum atomic E-state index is -1.99. The van der Waals surface area contributed by atoms with Crippen LogP contribution in [0.1, 0.15) is 19.8 Å². The molecular formula is C9H15NO5S2. The summed E-state index contributed by atoms with van der Waals surface area (Å²) in [4.78, 5) is 24.2. The van der Waals surface area contributed by atoms with Gasteiger partial charge in [-0.3, -0.25) is 9.35 Å². The highest BCUT2D eigenvalue weighted by Crippen LogP contribution is 2.22. The minimum Gasteiger partial charge on any atom is -0.480 e. The van der Waals surface area contributed by atoms with Gasteiger partial charge < -0.3 is 10.0 Å². The molecule has 0 spiro atoms. The van der Waals surface area contributed by atoms with Crippen LogP contribution in [0.5, 0.6) is 0 Å². The predicted molar refractivity (Wildman–Crippen MR) is 64.8 cm³/mol. The summed E-state index contributed by atoms with van der Waals surface area (Å²) in [5, 5.41) is 8.94. The van der Waals surface area contributed by atoms with E-state index in [2.05, 4.69) is 0 Å². The summed E-state index contributed by atoms with van der Waals surface area (Å²) in [6.45, 7) is 2.09. The van der Waals surface area contributed by atoms with Crippen LogP contribution in [0.3, 0.4) is 0 Å². The summed E-state index contributed by atoms with van der Waals surface area (Å²) < 4.78 is 19.1. The van der Waals surface area contributed by atoms with Gasteiger partial charge in [-0.2, -0.15) is 0 Å². The number of hydrogen-bond acceptors (Lipinski definition) is 4. The van der Waals surface area contributed by atoms with Crippen molar-refractivity contribution in [2.75, 3.05) is 12.3 Å². The molecule has 0 aromatic heterocycles. The Hall–Kier alpha value is -0.600. The summed E-state index contributed by atoms with van der Waals surface area (Å²) in [7, 11) is -1.22. The van der Waals surface area contributed by atoms with Crippen LogP contribution in [0, 0.1) is 5.92 Å². The summed E-state index contributed by atoms with van der Waals surface area (Å²) in [6.07, 6.45) is 1.17. The average Bonchev–Trinajstić information content (AvgIpc) is 2.73. The second kappa shape index (κ2) is 6.36. The molecule has 0 radical (unpaired) electrons. The van der Waals surface area contributed by atoms with E-state index in [9.17, 15) is 13.8 Å². The van der Waals surface area contributed by atoms with Crippen molar-refractivity contribution in [3.63, 3.8) is 0 Å². The molecule has 0 saturated carbocycles. The van der Waals surface area contributed by atoms with E-state index in [1.165, 1.54) is 4.90 Å². The molecule has 3 atom stereocenters. The normalized spacial score (nSPS) is 23.4. The Morgan fingerprint density at radius 3 is 2.76 bits per heavy atom. The molecule has 0 aromatic rings. The highest BCUT2D eigenvalue weighted by Gasteiger charge is 2.35. The summed E-state index contributed by atoms with van der Waals surface area (Å²) in [5.74, 6) is -1.48. The molecule has 8 heteroatoms. The zero-order chi connectivity index (χ0) is 13.0. The number of carboxylic acids is 1. The lowest BCUT2D eigenvalue weighted by Gasteiger charge is -2.24. The Morgan fingerprint density at radius 2 is 2.24 bits per heavy atom. The van der Waals surface area contributed by atoms with Crippen LogP contribution in [-0.2, 0) is 19.7 Å². The largest absolute Gasteiger partial charge is 0.480 e. The molecule has 0 aliphatic carbocycles. The lowest BCUT2D eigenvalue weighted by molar-refractivity contribution is -0.149. The number of nitrogens with zero attached hydrogens (tertiary/aromatic N) is 1. The van der Waals surface area contributed by atoms with Gasteiger partial charge >= 0.3 is 5.97 Å². The topological polar surface area (TPSA) is 94.9 Å². The fourth-order valence-electron chi connectivity index (χ4n) is 1.80. The molecule has 1 amide bonds. The van der Waals surface area contributed by atoms with Crippen molar-refractivity contribution in [3.05, 3.63) is 0 Å². The van der Waals surface area contributed by atoms with Crippen molar-refractivity contribution in [1.82, 2.24) is 4.90 Å². The van der Waals surface area contributed by atoms with Gasteiger partial charge in [-0.25, -0.2) is 9.00 Å². The molecule has 1 saturated heterocycles. The first-order valence-electron chi connectivity index (χ1n) is 5.21. The minimum absolute atomic E-state index is 0.213. The van der Waals surface area contributed by atoms with E-state index in [0.717, 1.165) is 10.8 Å². The number of likely N-dealkylation sites (tertiary alicyclic amines) is 1. The molecule has 0 aromatic carbocycles. The molecule has 1 heterocycles. The monoisotopic (exact) mass is 281 g/mol. The van der Waals surface area contributed by atoms with Crippen LogP contribution in [0.4, 0.5) is 0 Å². The highest BCUT2D eigenvalue weighted by atomic mass is 33.1. The van der Waals surface area contributed by atoms with Crippen molar-refractivity contribution in [3.8, 4) is 0 Å². The smallest absolute Gasteiger partial charge is 0.326 e. The van der Waals surface area contributed by atoms with E-state index in [0.29, 0.717) is 19.4 Å². The number of hydrogen-bond donors (Lipinski definition) is 2. The van der Waals surface area contributed by atoms with Gasteiger partial charge in [-0.05, 0) is 23.6 Å². The van der Waals surface area contributed by atoms with Gasteiger partial charge in [0.05, 0.1) is 0 Å². The van der Waals surface area contributed by atoms with Gasteiger partial charge in [-0.15, -0.1) is 0 Å². The first-order chi connectivity index (χ1) is 7.93. The first-order valence-corrected chi connectivity index (χ1v) is 7.81. The van der Waals surface area contributed by atoms with Crippen molar-refractivity contribution >= 4 is 32.8 Å². The standard InChI is InChI=1S/C9H15NO5S2/c1-6(5-16-17(14)15)8(11)10-4-2-3-7(10)9(12)13/h6-7H,2-5H2,1H3,(H,12,13)(H,14,15)/t6-,7-/m0/s1. The van der Waals surface area contributed by atoms with Crippen LogP contribution in [0.25, 0.3) is 0 Å². The number of carbonyl (C=O) groups is 2. The quantitative estimate of drug-likeness (QED) is 0.565. The Labute approximate surface area is 105 Å². The number of rotatable bonds is 5. The van der Waals surface area contributed by atoms with Crippen LogP contribution >= 0.6 is 10.8 Å². The Bertz CT molecular complexity index is 335. The molecular weight excluding hydrogens is 266 g/mol. The maximum atomic E-state index is 11.9. The molecule has 0 bridgehead atoms. The van der Waals surface area contributed by atoms with Crippen molar-refractivity contribution in [2.45, 2.75) is 25.8 Å². The third kappa shape index (κ3) is 3.97. The number of carboxylic acid groups (broad SMARTS) is 1. The average molecular weight is 281 g/mol.